The number of hydrogen-bond acceptors (Lipinski definition) is 8. The van der Waals surface area contributed by atoms with Gasteiger partial charge < -0.3 is 25.8 Å². The van der Waals surface area contributed by atoms with Crippen LogP contribution in [-0.2, 0) is 10.9 Å². The molecule has 0 radical (unpaired) electrons. The number of anilines is 1. The van der Waals surface area contributed by atoms with Crippen molar-refractivity contribution in [3.05, 3.63) is 47.5 Å². The van der Waals surface area contributed by atoms with Crippen molar-refractivity contribution in [3.8, 4) is 11.8 Å². The number of ether oxygens (including phenoxy) is 1. The highest BCUT2D eigenvalue weighted by molar-refractivity contribution is 5.82. The predicted molar refractivity (Wildman–Crippen MR) is 100 cm³/mol. The minimum atomic E-state index is -4.46. The molecule has 4 rings (SSSR count). The van der Waals surface area contributed by atoms with Gasteiger partial charge in [-0.2, -0.15) is 13.2 Å². The van der Waals surface area contributed by atoms with E-state index in [1.165, 1.54) is 23.0 Å². The Morgan fingerprint density at radius 2 is 1.81 bits per heavy atom. The minimum Gasteiger partial charge on any atom is -0.394 e. The molecular formula is C19H16F3N5O4. The Morgan fingerprint density at radius 3 is 2.42 bits per heavy atom. The number of rotatable bonds is 2. The van der Waals surface area contributed by atoms with Crippen LogP contribution < -0.4 is 5.73 Å². The van der Waals surface area contributed by atoms with E-state index in [9.17, 15) is 28.5 Å². The van der Waals surface area contributed by atoms with E-state index in [4.69, 9.17) is 10.5 Å². The lowest BCUT2D eigenvalue weighted by Crippen LogP contribution is -2.33. The van der Waals surface area contributed by atoms with E-state index in [0.717, 1.165) is 12.1 Å². The quantitative estimate of drug-likeness (QED) is 0.425. The smallest absolute Gasteiger partial charge is 0.394 e. The molecular weight excluding hydrogens is 419 g/mol. The lowest BCUT2D eigenvalue weighted by atomic mass is 10.1. The second-order valence-corrected chi connectivity index (χ2v) is 6.79. The Morgan fingerprint density at radius 1 is 1.10 bits per heavy atom. The molecule has 4 atom stereocenters. The van der Waals surface area contributed by atoms with Crippen LogP contribution in [0.2, 0.25) is 0 Å². The summed E-state index contributed by atoms with van der Waals surface area (Å²) in [6.07, 6.45) is -8.34. The van der Waals surface area contributed by atoms with Gasteiger partial charge in [-0.25, -0.2) is 15.0 Å². The number of aliphatic hydroxyl groups is 3. The minimum absolute atomic E-state index is 0.0249. The number of imidazole rings is 1. The van der Waals surface area contributed by atoms with Gasteiger partial charge >= 0.3 is 6.18 Å². The first kappa shape index (κ1) is 21.0. The molecule has 9 nitrogen and oxygen atoms in total. The third-order valence-corrected chi connectivity index (χ3v) is 4.81. The van der Waals surface area contributed by atoms with Gasteiger partial charge in [0.15, 0.2) is 29.0 Å². The van der Waals surface area contributed by atoms with E-state index in [2.05, 4.69) is 26.8 Å². The SMILES string of the molecule is Nc1ncnc2c1nc(C#Cc1ccc(C(F)(F)F)cc1)n2[C@@H]1O[C@H](CO)C(O)C1O. The highest BCUT2D eigenvalue weighted by Crippen LogP contribution is 2.33. The molecule has 0 saturated carbocycles. The lowest BCUT2D eigenvalue weighted by molar-refractivity contribution is -0.137. The first-order valence-corrected chi connectivity index (χ1v) is 9.01. The molecule has 162 valence electrons. The fourth-order valence-corrected chi connectivity index (χ4v) is 3.22. The summed E-state index contributed by atoms with van der Waals surface area (Å²) in [5, 5.41) is 29.9. The molecule has 3 heterocycles. The average molecular weight is 435 g/mol. The summed E-state index contributed by atoms with van der Waals surface area (Å²) in [5.41, 5.74) is 5.65. The van der Waals surface area contributed by atoms with E-state index in [-0.39, 0.29) is 28.4 Å². The number of alkyl halides is 3. The molecule has 5 N–H and O–H groups in total. The molecule has 1 saturated heterocycles. The van der Waals surface area contributed by atoms with Crippen molar-refractivity contribution in [1.82, 2.24) is 19.5 Å². The molecule has 31 heavy (non-hydrogen) atoms. The van der Waals surface area contributed by atoms with Crippen LogP contribution in [0.25, 0.3) is 11.2 Å². The van der Waals surface area contributed by atoms with Gasteiger partial charge in [0.05, 0.1) is 12.2 Å². The Bertz CT molecular complexity index is 1170. The summed E-state index contributed by atoms with van der Waals surface area (Å²) in [6, 6.07) is 4.23. The molecule has 0 spiro atoms. The van der Waals surface area contributed by atoms with Gasteiger partial charge in [0.2, 0.25) is 0 Å². The summed E-state index contributed by atoms with van der Waals surface area (Å²) in [7, 11) is 0. The Balaban J connectivity index is 1.78. The summed E-state index contributed by atoms with van der Waals surface area (Å²) in [5.74, 6) is 5.47. The molecule has 2 aromatic heterocycles. The fraction of sp³-hybridized carbons (Fsp3) is 0.316. The number of halogens is 3. The van der Waals surface area contributed by atoms with E-state index in [1.54, 1.807) is 0 Å². The first-order valence-electron chi connectivity index (χ1n) is 9.01. The fourth-order valence-electron chi connectivity index (χ4n) is 3.22. The number of hydrogen-bond donors (Lipinski definition) is 4. The average Bonchev–Trinajstić information content (AvgIpc) is 3.24. The van der Waals surface area contributed by atoms with Crippen LogP contribution in [0, 0.1) is 11.8 Å². The van der Waals surface area contributed by atoms with Crippen molar-refractivity contribution < 1.29 is 33.2 Å². The summed E-state index contributed by atoms with van der Waals surface area (Å²) < 4.78 is 45.0. The highest BCUT2D eigenvalue weighted by atomic mass is 19.4. The number of benzene rings is 1. The van der Waals surface area contributed by atoms with Crippen molar-refractivity contribution in [3.63, 3.8) is 0 Å². The van der Waals surface area contributed by atoms with Crippen molar-refractivity contribution in [2.75, 3.05) is 12.3 Å². The van der Waals surface area contributed by atoms with Crippen LogP contribution in [0.15, 0.2) is 30.6 Å². The summed E-state index contributed by atoms with van der Waals surface area (Å²) >= 11 is 0. The number of fused-ring (bicyclic) bond motifs is 1. The monoisotopic (exact) mass is 435 g/mol. The zero-order valence-electron chi connectivity index (χ0n) is 15.7. The molecule has 0 bridgehead atoms. The van der Waals surface area contributed by atoms with Crippen LogP contribution in [0.4, 0.5) is 19.0 Å². The van der Waals surface area contributed by atoms with Gasteiger partial charge in [0.1, 0.15) is 24.6 Å². The van der Waals surface area contributed by atoms with Crippen molar-refractivity contribution in [1.29, 1.82) is 0 Å². The maximum atomic E-state index is 12.7. The van der Waals surface area contributed by atoms with E-state index < -0.39 is 42.9 Å². The molecule has 0 aliphatic carbocycles. The molecule has 1 aromatic carbocycles. The Labute approximate surface area is 172 Å². The predicted octanol–water partition coefficient (Wildman–Crippen LogP) is 0.439. The third-order valence-electron chi connectivity index (χ3n) is 4.81. The zero-order valence-corrected chi connectivity index (χ0v) is 15.7. The second-order valence-electron chi connectivity index (χ2n) is 6.79. The van der Waals surface area contributed by atoms with Crippen LogP contribution >= 0.6 is 0 Å². The van der Waals surface area contributed by atoms with Crippen molar-refractivity contribution in [2.24, 2.45) is 0 Å². The molecule has 3 aromatic rings. The van der Waals surface area contributed by atoms with Crippen molar-refractivity contribution >= 4 is 17.0 Å². The number of aromatic nitrogens is 4. The molecule has 1 aliphatic heterocycles. The van der Waals surface area contributed by atoms with E-state index >= 15 is 0 Å². The molecule has 12 heteroatoms. The van der Waals surface area contributed by atoms with Gasteiger partial charge in [-0.1, -0.05) is 5.92 Å². The Hall–Kier alpha value is -3.24. The molecule has 1 aliphatic rings. The molecule has 2 unspecified atom stereocenters. The summed E-state index contributed by atoms with van der Waals surface area (Å²) in [4.78, 5) is 12.2. The van der Waals surface area contributed by atoms with Gasteiger partial charge in [-0.05, 0) is 30.2 Å². The molecule has 1 fully saturated rings. The topological polar surface area (TPSA) is 140 Å². The normalized spacial score (nSPS) is 23.7. The Kier molecular flexibility index (Phi) is 5.28. The standard InChI is InChI=1S/C19H16F3N5O4/c20-19(21,22)10-4-1-9(2-5-10)3-6-12-26-13-16(23)24-8-25-17(13)27(12)18-15(30)14(29)11(7-28)31-18/h1-2,4-5,8,11,14-15,18,28-30H,7H2,(H2,23,24,25)/t11-,14?,15?,18-/m1/s1. The molecule has 0 amide bonds. The van der Waals surface area contributed by atoms with Crippen LogP contribution in [-0.4, -0.2) is 59.8 Å². The van der Waals surface area contributed by atoms with Crippen LogP contribution in [0.3, 0.4) is 0 Å². The van der Waals surface area contributed by atoms with Gasteiger partial charge in [0, 0.05) is 5.56 Å². The van der Waals surface area contributed by atoms with E-state index in [1.807, 2.05) is 0 Å². The first-order chi connectivity index (χ1) is 14.7. The lowest BCUT2D eigenvalue weighted by Gasteiger charge is -2.17. The second kappa shape index (κ2) is 7.78. The zero-order chi connectivity index (χ0) is 22.3. The van der Waals surface area contributed by atoms with E-state index in [0.29, 0.717) is 0 Å². The number of nitrogen functional groups attached to an aromatic ring is 1. The van der Waals surface area contributed by atoms with Gasteiger partial charge in [-0.3, -0.25) is 4.57 Å². The number of nitrogens with two attached hydrogens (primary N) is 1. The maximum Gasteiger partial charge on any atom is 0.416 e. The summed E-state index contributed by atoms with van der Waals surface area (Å²) in [6.45, 7) is -0.537. The largest absolute Gasteiger partial charge is 0.416 e. The number of aliphatic hydroxyl groups excluding tert-OH is 3. The van der Waals surface area contributed by atoms with Crippen molar-refractivity contribution in [2.45, 2.75) is 30.7 Å². The van der Waals surface area contributed by atoms with Crippen LogP contribution in [0.1, 0.15) is 23.2 Å². The van der Waals surface area contributed by atoms with Gasteiger partial charge in [-0.15, -0.1) is 0 Å². The third kappa shape index (κ3) is 3.79. The van der Waals surface area contributed by atoms with Gasteiger partial charge in [0.25, 0.3) is 0 Å². The van der Waals surface area contributed by atoms with Crippen LogP contribution in [0.5, 0.6) is 0 Å². The number of nitrogens with zero attached hydrogens (tertiary/aromatic N) is 4. The highest BCUT2D eigenvalue weighted by Gasteiger charge is 2.44. The maximum absolute atomic E-state index is 12.7.